The van der Waals surface area contributed by atoms with Crippen LogP contribution in [0.15, 0.2) is 54.6 Å². The molecule has 0 spiro atoms. The van der Waals surface area contributed by atoms with Crippen molar-refractivity contribution in [2.75, 3.05) is 6.61 Å². The monoisotopic (exact) mass is 383 g/mol. The van der Waals surface area contributed by atoms with E-state index in [1.807, 2.05) is 37.3 Å². The molecule has 2 N–H and O–H groups in total. The number of carbonyl (C=O) groups is 2. The average Bonchev–Trinajstić information content (AvgIpc) is 2.70. The molecule has 0 bridgehead atoms. The number of carbonyl (C=O) groups excluding carboxylic acids is 2. The summed E-state index contributed by atoms with van der Waals surface area (Å²) in [5, 5.41) is 16.7. The van der Waals surface area contributed by atoms with Crippen LogP contribution in [0.1, 0.15) is 24.1 Å². The molecule has 8 heteroatoms. The van der Waals surface area contributed by atoms with E-state index in [1.165, 1.54) is 12.1 Å². The highest BCUT2D eigenvalue weighted by atomic mass is 16.6. The smallest absolute Gasteiger partial charge is 0.323 e. The van der Waals surface area contributed by atoms with Crippen LogP contribution in [-0.4, -0.2) is 35.5 Å². The molecule has 1 heterocycles. The van der Waals surface area contributed by atoms with E-state index in [9.17, 15) is 19.7 Å². The molecule has 146 valence electrons. The maximum Gasteiger partial charge on any atom is 0.323 e. The number of amides is 1. The number of hydrogen-bond donors (Lipinski definition) is 2. The first-order valence-corrected chi connectivity index (χ1v) is 8.95. The summed E-state index contributed by atoms with van der Waals surface area (Å²) >= 11 is 0. The fourth-order valence-electron chi connectivity index (χ4n) is 3.05. The Morgan fingerprint density at radius 1 is 1.25 bits per heavy atom. The molecular formula is C20H21N3O5. The third-order valence-corrected chi connectivity index (χ3v) is 4.64. The van der Waals surface area contributed by atoms with E-state index in [0.717, 1.165) is 11.1 Å². The Morgan fingerprint density at radius 2 is 1.93 bits per heavy atom. The lowest BCUT2D eigenvalue weighted by molar-refractivity contribution is -0.384. The van der Waals surface area contributed by atoms with Crippen molar-refractivity contribution < 1.29 is 19.2 Å². The van der Waals surface area contributed by atoms with Gasteiger partial charge in [0.15, 0.2) is 0 Å². The number of nitro benzene ring substituents is 1. The number of ether oxygens (including phenoxy) is 1. The maximum atomic E-state index is 12.6. The summed E-state index contributed by atoms with van der Waals surface area (Å²) in [5.41, 5.74) is 1.69. The van der Waals surface area contributed by atoms with Gasteiger partial charge in [-0.2, -0.15) is 0 Å². The topological polar surface area (TPSA) is 111 Å². The number of rotatable bonds is 6. The zero-order chi connectivity index (χ0) is 20.1. The van der Waals surface area contributed by atoms with Crippen LogP contribution >= 0.6 is 0 Å². The van der Waals surface area contributed by atoms with Gasteiger partial charge in [0.2, 0.25) is 5.91 Å². The molecule has 1 saturated heterocycles. The molecule has 8 nitrogen and oxygen atoms in total. The molecule has 1 fully saturated rings. The fraction of sp³-hybridized carbons (Fsp3) is 0.300. The van der Waals surface area contributed by atoms with Crippen LogP contribution < -0.4 is 10.6 Å². The van der Waals surface area contributed by atoms with E-state index in [0.29, 0.717) is 0 Å². The first-order chi connectivity index (χ1) is 13.4. The van der Waals surface area contributed by atoms with Crippen molar-refractivity contribution in [3.8, 4) is 0 Å². The van der Waals surface area contributed by atoms with Gasteiger partial charge >= 0.3 is 5.97 Å². The molecule has 28 heavy (non-hydrogen) atoms. The molecule has 0 aromatic heterocycles. The Bertz CT molecular complexity index is 854. The average molecular weight is 383 g/mol. The van der Waals surface area contributed by atoms with Gasteiger partial charge in [0, 0.05) is 12.1 Å². The second kappa shape index (κ2) is 8.62. The Hall–Kier alpha value is -3.26. The zero-order valence-electron chi connectivity index (χ0n) is 15.3. The number of morpholine rings is 1. The van der Waals surface area contributed by atoms with Gasteiger partial charge in [0.1, 0.15) is 18.7 Å². The van der Waals surface area contributed by atoms with Crippen LogP contribution in [0.4, 0.5) is 5.69 Å². The number of nitrogens with one attached hydrogen (secondary N) is 2. The van der Waals surface area contributed by atoms with E-state index >= 15 is 0 Å². The minimum absolute atomic E-state index is 0.0184. The number of non-ortho nitro benzene ring substituents is 1. The van der Waals surface area contributed by atoms with Gasteiger partial charge < -0.3 is 10.1 Å². The summed E-state index contributed by atoms with van der Waals surface area (Å²) in [5.74, 6) is -0.698. The van der Waals surface area contributed by atoms with Gasteiger partial charge in [-0.3, -0.25) is 25.0 Å². The molecule has 3 atom stereocenters. The van der Waals surface area contributed by atoms with Gasteiger partial charge in [-0.15, -0.1) is 0 Å². The quantitative estimate of drug-likeness (QED) is 0.448. The van der Waals surface area contributed by atoms with E-state index in [1.54, 1.807) is 12.1 Å². The van der Waals surface area contributed by atoms with E-state index in [-0.39, 0.29) is 30.7 Å². The van der Waals surface area contributed by atoms with Gasteiger partial charge in [-0.25, -0.2) is 0 Å². The number of hydrogen-bond acceptors (Lipinski definition) is 6. The molecule has 3 rings (SSSR count). The lowest BCUT2D eigenvalue weighted by Crippen LogP contribution is -2.58. The molecule has 2 aromatic rings. The lowest BCUT2D eigenvalue weighted by atomic mass is 10.0. The van der Waals surface area contributed by atoms with Crippen LogP contribution in [-0.2, 0) is 20.7 Å². The fourth-order valence-corrected chi connectivity index (χ4v) is 3.05. The molecule has 2 aromatic carbocycles. The van der Waals surface area contributed by atoms with Gasteiger partial charge in [0.25, 0.3) is 5.69 Å². The molecule has 0 aliphatic carbocycles. The number of esters is 1. The van der Waals surface area contributed by atoms with Crippen molar-refractivity contribution >= 4 is 17.6 Å². The third kappa shape index (κ3) is 4.72. The summed E-state index contributed by atoms with van der Waals surface area (Å²) < 4.78 is 5.18. The molecule has 0 radical (unpaired) electrons. The third-order valence-electron chi connectivity index (χ3n) is 4.64. The van der Waals surface area contributed by atoms with Gasteiger partial charge in [-0.05, 0) is 24.5 Å². The van der Waals surface area contributed by atoms with Gasteiger partial charge in [0.05, 0.1) is 11.0 Å². The first-order valence-electron chi connectivity index (χ1n) is 8.95. The number of nitrogens with zero attached hydrogens (tertiary/aromatic N) is 1. The molecular weight excluding hydrogens is 362 g/mol. The van der Waals surface area contributed by atoms with Gasteiger partial charge in [-0.1, -0.05) is 42.5 Å². The largest absolute Gasteiger partial charge is 0.462 e. The van der Waals surface area contributed by atoms with E-state index in [4.69, 9.17) is 4.74 Å². The van der Waals surface area contributed by atoms with Crippen LogP contribution in [0.3, 0.4) is 0 Å². The lowest BCUT2D eigenvalue weighted by Gasteiger charge is -2.30. The summed E-state index contributed by atoms with van der Waals surface area (Å²) in [6.45, 7) is 1.85. The number of cyclic esters (lactones) is 1. The minimum Gasteiger partial charge on any atom is -0.462 e. The molecule has 0 saturated carbocycles. The molecule has 0 unspecified atom stereocenters. The molecule has 1 aliphatic rings. The molecule has 1 amide bonds. The Morgan fingerprint density at radius 3 is 2.57 bits per heavy atom. The van der Waals surface area contributed by atoms with Crippen molar-refractivity contribution in [2.24, 2.45) is 0 Å². The van der Waals surface area contributed by atoms with Crippen molar-refractivity contribution in [2.45, 2.75) is 31.5 Å². The second-order valence-corrected chi connectivity index (χ2v) is 6.67. The van der Waals surface area contributed by atoms with Crippen LogP contribution in [0.25, 0.3) is 0 Å². The highest BCUT2D eigenvalue weighted by Crippen LogP contribution is 2.16. The van der Waals surface area contributed by atoms with Crippen molar-refractivity contribution in [1.29, 1.82) is 0 Å². The first kappa shape index (κ1) is 19.5. The number of nitro groups is 1. The van der Waals surface area contributed by atoms with Crippen molar-refractivity contribution in [1.82, 2.24) is 10.6 Å². The second-order valence-electron chi connectivity index (χ2n) is 6.67. The Kier molecular flexibility index (Phi) is 6.00. The summed E-state index contributed by atoms with van der Waals surface area (Å²) in [6.07, 6.45) is 0.273. The standard InChI is InChI=1S/C20H21N3O5/c1-13(15-5-3-2-4-6-15)21-19(24)18-12-28-20(25)17(22-18)11-14-7-9-16(10-8-14)23(26)27/h2-10,13,17-18,22H,11-12H2,1H3,(H,21,24)/t13-,17-,18+/m0/s1. The molecule has 1 aliphatic heterocycles. The normalized spacial score (nSPS) is 20.1. The van der Waals surface area contributed by atoms with Crippen LogP contribution in [0.5, 0.6) is 0 Å². The minimum atomic E-state index is -0.696. The Labute approximate surface area is 162 Å². The van der Waals surface area contributed by atoms with Crippen molar-refractivity contribution in [3.63, 3.8) is 0 Å². The van der Waals surface area contributed by atoms with E-state index < -0.39 is 23.0 Å². The zero-order valence-corrected chi connectivity index (χ0v) is 15.3. The van der Waals surface area contributed by atoms with Crippen molar-refractivity contribution in [3.05, 3.63) is 75.8 Å². The highest BCUT2D eigenvalue weighted by Gasteiger charge is 2.34. The van der Waals surface area contributed by atoms with Crippen LogP contribution in [0.2, 0.25) is 0 Å². The predicted molar refractivity (Wildman–Crippen MR) is 101 cm³/mol. The summed E-state index contributed by atoms with van der Waals surface area (Å²) in [4.78, 5) is 34.9. The Balaban J connectivity index is 1.61. The maximum absolute atomic E-state index is 12.6. The van der Waals surface area contributed by atoms with Crippen LogP contribution in [0, 0.1) is 10.1 Å². The summed E-state index contributed by atoms with van der Waals surface area (Å²) in [6, 6.07) is 14.0. The number of benzene rings is 2. The predicted octanol–water partition coefficient (Wildman–Crippen LogP) is 1.90. The van der Waals surface area contributed by atoms with E-state index in [2.05, 4.69) is 10.6 Å². The highest BCUT2D eigenvalue weighted by molar-refractivity contribution is 5.86. The SMILES string of the molecule is C[C@H](NC(=O)[C@H]1COC(=O)[C@H](Cc2ccc([N+](=O)[O-])cc2)N1)c1ccccc1. The summed E-state index contributed by atoms with van der Waals surface area (Å²) in [7, 11) is 0.